The number of carbonyl (C=O) groups is 3. The summed E-state index contributed by atoms with van der Waals surface area (Å²) in [4.78, 5) is 46.0. The molecule has 8 rings (SSSR count). The van der Waals surface area contributed by atoms with E-state index in [1.807, 2.05) is 14.0 Å². The summed E-state index contributed by atoms with van der Waals surface area (Å²) in [5.74, 6) is -0.197. The molecular formula is C51H82N6O6. The summed E-state index contributed by atoms with van der Waals surface area (Å²) < 4.78 is 13.0. The van der Waals surface area contributed by atoms with Gasteiger partial charge in [0, 0.05) is 36.9 Å². The van der Waals surface area contributed by atoms with E-state index in [2.05, 4.69) is 58.7 Å². The van der Waals surface area contributed by atoms with E-state index in [1.54, 1.807) is 0 Å². The maximum absolute atomic E-state index is 15.6. The molecule has 4 aliphatic carbocycles. The summed E-state index contributed by atoms with van der Waals surface area (Å²) in [7, 11) is 1.93. The van der Waals surface area contributed by atoms with Crippen LogP contribution < -0.4 is 32.3 Å². The van der Waals surface area contributed by atoms with E-state index < -0.39 is 29.0 Å². The van der Waals surface area contributed by atoms with Crippen molar-refractivity contribution in [3.05, 3.63) is 34.9 Å². The van der Waals surface area contributed by atoms with E-state index in [1.165, 1.54) is 18.4 Å². The van der Waals surface area contributed by atoms with Crippen LogP contribution in [0.3, 0.4) is 0 Å². The highest BCUT2D eigenvalue weighted by atomic mass is 16.7. The van der Waals surface area contributed by atoms with Crippen molar-refractivity contribution in [3.8, 4) is 0 Å². The van der Waals surface area contributed by atoms with Gasteiger partial charge in [0.1, 0.15) is 0 Å². The normalized spacial score (nSPS) is 42.3. The van der Waals surface area contributed by atoms with Crippen LogP contribution in [-0.4, -0.2) is 98.8 Å². The third-order valence-corrected chi connectivity index (χ3v) is 17.5. The zero-order valence-electron chi connectivity index (χ0n) is 39.1. The van der Waals surface area contributed by atoms with E-state index in [0.29, 0.717) is 35.7 Å². The molecule has 4 aliphatic heterocycles. The number of piperidine rings is 2. The van der Waals surface area contributed by atoms with Gasteiger partial charge in [0.05, 0.1) is 25.5 Å². The highest BCUT2D eigenvalue weighted by molar-refractivity contribution is 6.23. The Morgan fingerprint density at radius 3 is 2.57 bits per heavy atom. The van der Waals surface area contributed by atoms with Gasteiger partial charge in [-0.25, -0.2) is 4.79 Å². The number of fused-ring (bicyclic) bond motifs is 1. The van der Waals surface area contributed by atoms with E-state index >= 15 is 14.4 Å². The number of esters is 1. The number of cyclic esters (lactones) is 1. The Kier molecular flexibility index (Phi) is 15.2. The van der Waals surface area contributed by atoms with E-state index in [9.17, 15) is 5.11 Å². The van der Waals surface area contributed by atoms with Crippen molar-refractivity contribution >= 4 is 17.5 Å². The molecule has 12 nitrogen and oxygen atoms in total. The highest BCUT2D eigenvalue weighted by Crippen LogP contribution is 2.64. The van der Waals surface area contributed by atoms with Crippen molar-refractivity contribution in [2.24, 2.45) is 58.5 Å². The average Bonchev–Trinajstić information content (AvgIpc) is 3.99. The number of Topliss-reactive ketones (excluding diaryl/α,β-unsaturated/α-hetero) is 2. The second-order valence-corrected chi connectivity index (χ2v) is 21.8. The zero-order valence-corrected chi connectivity index (χ0v) is 39.1. The molecule has 0 radical (unpaired) electrons. The molecule has 0 aromatic rings. The fraction of sp³-hybridized carbons (Fsp3) is 0.824. The van der Waals surface area contributed by atoms with Crippen molar-refractivity contribution in [1.29, 1.82) is 0 Å². The molecule has 2 saturated carbocycles. The molecule has 1 spiro atoms. The maximum atomic E-state index is 15.6. The lowest BCUT2D eigenvalue weighted by molar-refractivity contribution is -0.161. The van der Waals surface area contributed by atoms with Crippen molar-refractivity contribution in [2.75, 3.05) is 46.6 Å². The molecule has 14 unspecified atom stereocenters. The van der Waals surface area contributed by atoms with Gasteiger partial charge in [-0.05, 0) is 170 Å². The summed E-state index contributed by atoms with van der Waals surface area (Å²) in [6.07, 6.45) is 24.0. The number of hydrogen-bond acceptors (Lipinski definition) is 12. The minimum absolute atomic E-state index is 0.0230. The van der Waals surface area contributed by atoms with Crippen molar-refractivity contribution in [1.82, 2.24) is 26.6 Å². The topological polar surface area (TPSA) is 179 Å². The quantitative estimate of drug-likeness (QED) is 0.0404. The number of rotatable bonds is 13. The number of aliphatic hydroxyl groups excluding tert-OH is 1. The first-order chi connectivity index (χ1) is 30.4. The largest absolute Gasteiger partial charge is 0.463 e. The van der Waals surface area contributed by atoms with Crippen molar-refractivity contribution in [3.63, 3.8) is 0 Å². The Labute approximate surface area is 377 Å². The Morgan fingerprint density at radius 1 is 0.952 bits per heavy atom. The Hall–Kier alpha value is -2.29. The third-order valence-electron chi connectivity index (χ3n) is 17.5. The van der Waals surface area contributed by atoms with Crippen LogP contribution in [0.15, 0.2) is 34.9 Å². The number of nitrogens with one attached hydrogen (secondary N) is 5. The van der Waals surface area contributed by atoms with Crippen LogP contribution in [0.2, 0.25) is 0 Å². The lowest BCUT2D eigenvalue weighted by Gasteiger charge is -2.46. The number of allylic oxidation sites excluding steroid dienone is 4. The fourth-order valence-electron chi connectivity index (χ4n) is 14.1. The number of epoxide rings is 1. The molecule has 0 aromatic carbocycles. The number of hydrogen-bond donors (Lipinski definition) is 7. The van der Waals surface area contributed by atoms with Crippen LogP contribution in [0.4, 0.5) is 0 Å². The molecule has 14 atom stereocenters. The van der Waals surface area contributed by atoms with E-state index in [-0.39, 0.29) is 66.8 Å². The molecule has 0 amide bonds. The summed E-state index contributed by atoms with van der Waals surface area (Å²) in [5, 5.41) is 28.4. The number of nitrogens with two attached hydrogens (primary N) is 1. The van der Waals surface area contributed by atoms with Gasteiger partial charge in [-0.3, -0.25) is 14.9 Å². The van der Waals surface area contributed by atoms with Gasteiger partial charge in [-0.1, -0.05) is 56.9 Å². The number of likely N-dealkylation sites (N-methyl/N-ethyl adjacent to an activating group) is 1. The van der Waals surface area contributed by atoms with Gasteiger partial charge < -0.3 is 41.6 Å². The molecule has 4 bridgehead atoms. The smallest absolute Gasteiger partial charge is 0.350 e. The SMILES string of the molecule is CCNC1C=C2C=CCC3CCCCC(C)(CC4CCC(N)NC4)CC4CCCC5C(=O)C6(CC(CO)=C(C)CCC7CCNC(NCNC)C7)OC6(C(=O)OCC1CC23)C(=O)C45. The first-order valence-electron chi connectivity index (χ1n) is 25.4. The molecule has 8 aliphatic rings. The summed E-state index contributed by atoms with van der Waals surface area (Å²) in [6, 6.07) is 0.0307. The monoisotopic (exact) mass is 875 g/mol. The molecule has 0 aromatic heterocycles. The lowest BCUT2D eigenvalue weighted by Crippen LogP contribution is -2.60. The van der Waals surface area contributed by atoms with Gasteiger partial charge in [0.25, 0.3) is 5.60 Å². The molecule has 4 heterocycles. The van der Waals surface area contributed by atoms with Crippen LogP contribution in [0, 0.1) is 52.8 Å². The zero-order chi connectivity index (χ0) is 44.4. The molecule has 4 saturated heterocycles. The highest BCUT2D eigenvalue weighted by Gasteiger charge is 2.87. The number of aliphatic hydroxyl groups is 1. The predicted octanol–water partition coefficient (Wildman–Crippen LogP) is 5.55. The van der Waals surface area contributed by atoms with Gasteiger partial charge in [0.2, 0.25) is 0 Å². The second kappa shape index (κ2) is 20.3. The second-order valence-electron chi connectivity index (χ2n) is 21.8. The van der Waals surface area contributed by atoms with Gasteiger partial charge in [0.15, 0.2) is 17.2 Å². The summed E-state index contributed by atoms with van der Waals surface area (Å²) in [5.41, 5.74) is 5.72. The molecular weight excluding hydrogens is 793 g/mol. The van der Waals surface area contributed by atoms with Crippen LogP contribution in [0.25, 0.3) is 0 Å². The first kappa shape index (κ1) is 47.2. The van der Waals surface area contributed by atoms with Crippen LogP contribution in [-0.2, 0) is 23.9 Å². The number of carbonyl (C=O) groups excluding carboxylic acids is 3. The van der Waals surface area contributed by atoms with Gasteiger partial charge in [-0.15, -0.1) is 0 Å². The first-order valence-corrected chi connectivity index (χ1v) is 25.4. The predicted molar refractivity (Wildman–Crippen MR) is 246 cm³/mol. The molecule has 352 valence electrons. The van der Waals surface area contributed by atoms with Crippen molar-refractivity contribution < 1.29 is 29.0 Å². The lowest BCUT2D eigenvalue weighted by atomic mass is 9.55. The molecule has 63 heavy (non-hydrogen) atoms. The average molecular weight is 875 g/mol. The minimum Gasteiger partial charge on any atom is -0.463 e. The molecule has 12 heteroatoms. The van der Waals surface area contributed by atoms with Gasteiger partial charge in [-0.2, -0.15) is 0 Å². The van der Waals surface area contributed by atoms with Gasteiger partial charge >= 0.3 is 5.97 Å². The fourth-order valence-corrected chi connectivity index (χ4v) is 14.1. The Balaban J connectivity index is 1.11. The van der Waals surface area contributed by atoms with Crippen LogP contribution >= 0.6 is 0 Å². The molecule has 6 fully saturated rings. The third kappa shape index (κ3) is 9.76. The minimum atomic E-state index is -1.99. The van der Waals surface area contributed by atoms with Crippen LogP contribution in [0.5, 0.6) is 0 Å². The summed E-state index contributed by atoms with van der Waals surface area (Å²) in [6.45, 7) is 9.87. The maximum Gasteiger partial charge on any atom is 0.350 e. The summed E-state index contributed by atoms with van der Waals surface area (Å²) >= 11 is 0. The molecule has 8 N–H and O–H groups in total. The van der Waals surface area contributed by atoms with E-state index in [4.69, 9.17) is 15.2 Å². The van der Waals surface area contributed by atoms with Crippen molar-refractivity contribution in [2.45, 2.75) is 166 Å². The standard InChI is InChI=1S/C51H82N6O6/c1-5-54-42-24-36-12-8-11-35-10-6-7-20-49(3,25-34-17-18-43(52)56-28-34)26-37-13-9-14-40-45(37)47(60)51(48(61)62-30-38(42)23-41(35)36)50(63-51,46(40)59)27-39(29-58)32(2)15-16-33-19-21-55-44(22-33)57-31-53-4/h8,12,24,33-35,37-38,40-45,53-58H,5-7,9-11,13-23,25-31,52H2,1-4H3. The van der Waals surface area contributed by atoms with Crippen LogP contribution in [0.1, 0.15) is 136 Å². The Morgan fingerprint density at radius 2 is 1.79 bits per heavy atom. The Bertz CT molecular complexity index is 1740. The number of ether oxygens (including phenoxy) is 2. The number of ketones is 2. The van der Waals surface area contributed by atoms with E-state index in [0.717, 1.165) is 122 Å².